The topological polar surface area (TPSA) is 42.9 Å². The van der Waals surface area contributed by atoms with Crippen molar-refractivity contribution in [3.05, 3.63) is 29.3 Å². The van der Waals surface area contributed by atoms with Crippen LogP contribution < -0.4 is 15.5 Å². The smallest absolute Gasteiger partial charge is 0.191 e. The minimum atomic E-state index is 0. The molecule has 2 atom stereocenters. The van der Waals surface area contributed by atoms with E-state index < -0.39 is 0 Å². The zero-order valence-electron chi connectivity index (χ0n) is 17.2. The Balaban J connectivity index is 0.00000280. The monoisotopic (exact) mass is 519 g/mol. The Hall–Kier alpha value is -0.730. The maximum Gasteiger partial charge on any atom is 0.191 e. The standard InChI is InChI=1S/C21H34ClN5.HI/c1-3-23-21(24-14-17-8-6-12-26(2)15-17)25-18-9-7-13-27(16-18)20-11-5-4-10-19(20)22;/h4-5,10-11,17-18H,3,6-9,12-16H2,1-2H3,(H2,23,24,25);1H. The normalized spacial score (nSPS) is 23.8. The molecule has 2 N–H and O–H groups in total. The second-order valence-corrected chi connectivity index (χ2v) is 8.28. The maximum atomic E-state index is 6.41. The highest BCUT2D eigenvalue weighted by Gasteiger charge is 2.22. The van der Waals surface area contributed by atoms with Crippen LogP contribution in [-0.2, 0) is 0 Å². The van der Waals surface area contributed by atoms with Gasteiger partial charge in [0, 0.05) is 38.8 Å². The van der Waals surface area contributed by atoms with E-state index in [4.69, 9.17) is 16.6 Å². The molecular formula is C21H35ClIN5. The molecule has 0 aromatic heterocycles. The van der Waals surface area contributed by atoms with E-state index in [1.54, 1.807) is 0 Å². The summed E-state index contributed by atoms with van der Waals surface area (Å²) < 4.78 is 0. The van der Waals surface area contributed by atoms with E-state index in [-0.39, 0.29) is 24.0 Å². The third-order valence-electron chi connectivity index (χ3n) is 5.53. The summed E-state index contributed by atoms with van der Waals surface area (Å²) in [5.74, 6) is 1.63. The number of nitrogens with one attached hydrogen (secondary N) is 2. The third-order valence-corrected chi connectivity index (χ3v) is 5.85. The molecule has 0 spiro atoms. The third kappa shape index (κ3) is 6.95. The van der Waals surface area contributed by atoms with Gasteiger partial charge in [-0.25, -0.2) is 0 Å². The number of para-hydroxylation sites is 1. The highest BCUT2D eigenvalue weighted by molar-refractivity contribution is 14.0. The van der Waals surface area contributed by atoms with E-state index in [0.29, 0.717) is 12.0 Å². The molecule has 0 amide bonds. The fraction of sp³-hybridized carbons (Fsp3) is 0.667. The van der Waals surface area contributed by atoms with Gasteiger partial charge in [0.2, 0.25) is 0 Å². The van der Waals surface area contributed by atoms with Crippen LogP contribution in [0.15, 0.2) is 29.3 Å². The number of anilines is 1. The molecule has 3 rings (SSSR count). The summed E-state index contributed by atoms with van der Waals surface area (Å²) in [6, 6.07) is 8.53. The average Bonchev–Trinajstić information content (AvgIpc) is 2.67. The molecule has 7 heteroatoms. The number of nitrogens with zero attached hydrogens (tertiary/aromatic N) is 3. The molecule has 0 bridgehead atoms. The van der Waals surface area contributed by atoms with Crippen molar-refractivity contribution in [2.24, 2.45) is 10.9 Å². The van der Waals surface area contributed by atoms with Crippen LogP contribution in [0.5, 0.6) is 0 Å². The van der Waals surface area contributed by atoms with Crippen molar-refractivity contribution in [3.63, 3.8) is 0 Å². The Morgan fingerprint density at radius 2 is 1.96 bits per heavy atom. The predicted octanol–water partition coefficient (Wildman–Crippen LogP) is 3.82. The number of piperidine rings is 2. The van der Waals surface area contributed by atoms with E-state index in [0.717, 1.165) is 62.2 Å². The molecule has 1 aromatic carbocycles. The lowest BCUT2D eigenvalue weighted by molar-refractivity contribution is 0.214. The number of hydrogen-bond acceptors (Lipinski definition) is 3. The number of aliphatic imine (C=N–C) groups is 1. The lowest BCUT2D eigenvalue weighted by Crippen LogP contribution is -2.51. The molecular weight excluding hydrogens is 485 g/mol. The number of benzene rings is 1. The molecule has 2 saturated heterocycles. The first-order valence-electron chi connectivity index (χ1n) is 10.4. The molecule has 2 fully saturated rings. The van der Waals surface area contributed by atoms with Crippen molar-refractivity contribution in [2.45, 2.75) is 38.6 Å². The highest BCUT2D eigenvalue weighted by atomic mass is 127. The molecule has 5 nitrogen and oxygen atoms in total. The quantitative estimate of drug-likeness (QED) is 0.353. The van der Waals surface area contributed by atoms with Gasteiger partial charge in [-0.3, -0.25) is 4.99 Å². The first-order chi connectivity index (χ1) is 13.2. The number of guanidine groups is 1. The zero-order valence-corrected chi connectivity index (χ0v) is 20.2. The summed E-state index contributed by atoms with van der Waals surface area (Å²) in [5, 5.41) is 7.93. The maximum absolute atomic E-state index is 6.41. The van der Waals surface area contributed by atoms with Gasteiger partial charge in [0.15, 0.2) is 5.96 Å². The van der Waals surface area contributed by atoms with Crippen molar-refractivity contribution >= 4 is 47.2 Å². The minimum absolute atomic E-state index is 0. The molecule has 0 radical (unpaired) electrons. The van der Waals surface area contributed by atoms with Crippen LogP contribution in [0.1, 0.15) is 32.6 Å². The van der Waals surface area contributed by atoms with Crippen molar-refractivity contribution in [2.75, 3.05) is 51.2 Å². The van der Waals surface area contributed by atoms with E-state index >= 15 is 0 Å². The highest BCUT2D eigenvalue weighted by Crippen LogP contribution is 2.27. The predicted molar refractivity (Wildman–Crippen MR) is 131 cm³/mol. The van der Waals surface area contributed by atoms with Gasteiger partial charge in [0.25, 0.3) is 0 Å². The van der Waals surface area contributed by atoms with Crippen LogP contribution >= 0.6 is 35.6 Å². The lowest BCUT2D eigenvalue weighted by atomic mass is 9.99. The second kappa shape index (κ2) is 12.1. The first-order valence-corrected chi connectivity index (χ1v) is 10.8. The largest absolute Gasteiger partial charge is 0.368 e. The van der Waals surface area contributed by atoms with Gasteiger partial charge in [-0.1, -0.05) is 23.7 Å². The van der Waals surface area contributed by atoms with Gasteiger partial charge < -0.3 is 20.4 Å². The molecule has 2 heterocycles. The van der Waals surface area contributed by atoms with E-state index in [9.17, 15) is 0 Å². The Morgan fingerprint density at radius 3 is 2.71 bits per heavy atom. The Labute approximate surface area is 192 Å². The Bertz CT molecular complexity index is 627. The van der Waals surface area contributed by atoms with Gasteiger partial charge >= 0.3 is 0 Å². The number of rotatable bonds is 5. The number of halogens is 2. The van der Waals surface area contributed by atoms with E-state index in [1.165, 1.54) is 19.4 Å². The molecule has 28 heavy (non-hydrogen) atoms. The fourth-order valence-electron chi connectivity index (χ4n) is 4.18. The summed E-state index contributed by atoms with van der Waals surface area (Å²) >= 11 is 6.41. The van der Waals surface area contributed by atoms with Crippen LogP contribution in [-0.4, -0.2) is 63.2 Å². The van der Waals surface area contributed by atoms with Crippen LogP contribution in [0.4, 0.5) is 5.69 Å². The van der Waals surface area contributed by atoms with Crippen molar-refractivity contribution in [1.29, 1.82) is 0 Å². The van der Waals surface area contributed by atoms with Crippen LogP contribution in [0.2, 0.25) is 5.02 Å². The second-order valence-electron chi connectivity index (χ2n) is 7.87. The summed E-state index contributed by atoms with van der Waals surface area (Å²) in [5.41, 5.74) is 1.14. The summed E-state index contributed by atoms with van der Waals surface area (Å²) in [6.07, 6.45) is 4.90. The van der Waals surface area contributed by atoms with Gasteiger partial charge in [-0.15, -0.1) is 24.0 Å². The first kappa shape index (κ1) is 23.5. The van der Waals surface area contributed by atoms with Crippen molar-refractivity contribution in [3.8, 4) is 0 Å². The molecule has 2 aliphatic heterocycles. The van der Waals surface area contributed by atoms with Crippen molar-refractivity contribution in [1.82, 2.24) is 15.5 Å². The molecule has 158 valence electrons. The van der Waals surface area contributed by atoms with Gasteiger partial charge in [-0.05, 0) is 64.3 Å². The average molecular weight is 520 g/mol. The zero-order chi connectivity index (χ0) is 19.1. The number of likely N-dealkylation sites (tertiary alicyclic amines) is 1. The molecule has 2 aliphatic rings. The summed E-state index contributed by atoms with van der Waals surface area (Å²) in [7, 11) is 2.21. The van der Waals surface area contributed by atoms with Crippen molar-refractivity contribution < 1.29 is 0 Å². The minimum Gasteiger partial charge on any atom is -0.368 e. The SMILES string of the molecule is CCNC(=NCC1CCCN(C)C1)NC1CCCN(c2ccccc2Cl)C1.I. The molecule has 0 saturated carbocycles. The molecule has 1 aromatic rings. The van der Waals surface area contributed by atoms with Crippen LogP contribution in [0, 0.1) is 5.92 Å². The summed E-state index contributed by atoms with van der Waals surface area (Å²) in [6.45, 7) is 8.32. The lowest BCUT2D eigenvalue weighted by Gasteiger charge is -2.36. The van der Waals surface area contributed by atoms with E-state index in [1.807, 2.05) is 12.1 Å². The van der Waals surface area contributed by atoms with E-state index in [2.05, 4.69) is 46.5 Å². The van der Waals surface area contributed by atoms with Crippen LogP contribution in [0.3, 0.4) is 0 Å². The Morgan fingerprint density at radius 1 is 1.18 bits per heavy atom. The summed E-state index contributed by atoms with van der Waals surface area (Å²) in [4.78, 5) is 9.72. The van der Waals surface area contributed by atoms with Crippen LogP contribution in [0.25, 0.3) is 0 Å². The van der Waals surface area contributed by atoms with Gasteiger partial charge in [0.05, 0.1) is 10.7 Å². The fourth-order valence-corrected chi connectivity index (χ4v) is 4.43. The molecule has 2 unspecified atom stereocenters. The number of hydrogen-bond donors (Lipinski definition) is 2. The van der Waals surface area contributed by atoms with Gasteiger partial charge in [-0.2, -0.15) is 0 Å². The Kier molecular flexibility index (Phi) is 10.2. The van der Waals surface area contributed by atoms with Gasteiger partial charge in [0.1, 0.15) is 0 Å². The molecule has 0 aliphatic carbocycles.